The summed E-state index contributed by atoms with van der Waals surface area (Å²) in [5, 5.41) is 12.4. The first kappa shape index (κ1) is 12.7. The zero-order valence-corrected chi connectivity index (χ0v) is 8.80. The molecule has 4 nitrogen and oxygen atoms in total. The van der Waals surface area contributed by atoms with Crippen LogP contribution in [0.4, 0.5) is 19.0 Å². The topological polar surface area (TPSA) is 49.8 Å². The molecule has 0 fully saturated rings. The Morgan fingerprint density at radius 1 is 1.19 bits per heavy atom. The molecule has 1 rings (SSSR count). The Balaban J connectivity index is 2.46. The Hall–Kier alpha value is -1.37. The number of rotatable bonds is 5. The summed E-state index contributed by atoms with van der Waals surface area (Å²) in [6.07, 6.45) is -4.44. The van der Waals surface area contributed by atoms with E-state index in [9.17, 15) is 13.2 Å². The third-order valence-electron chi connectivity index (χ3n) is 1.81. The smallest absolute Gasteiger partial charge is 0.367 e. The molecule has 0 radical (unpaired) electrons. The maximum atomic E-state index is 12.1. The largest absolute Gasteiger partial charge is 0.435 e. The van der Waals surface area contributed by atoms with Gasteiger partial charge in [0.05, 0.1) is 0 Å². The third kappa shape index (κ3) is 4.01. The number of nitrogens with one attached hydrogen (secondary N) is 2. The summed E-state index contributed by atoms with van der Waals surface area (Å²) in [4.78, 5) is 0. The monoisotopic (exact) mass is 234 g/mol. The molecule has 0 aliphatic heterocycles. The zero-order chi connectivity index (χ0) is 12.0. The van der Waals surface area contributed by atoms with Gasteiger partial charge in [0.15, 0.2) is 5.69 Å². The highest BCUT2D eigenvalue weighted by molar-refractivity contribution is 5.33. The standard InChI is InChI=1S/C9H13F3N4/c1-2-13-5-6-14-8-4-3-7(15-16-8)9(10,11)12/h3-4,13H,2,5-6H2,1H3,(H,14,16). The summed E-state index contributed by atoms with van der Waals surface area (Å²) in [5.74, 6) is 0.339. The molecule has 0 spiro atoms. The van der Waals surface area contributed by atoms with E-state index in [0.717, 1.165) is 19.2 Å². The normalized spacial score (nSPS) is 11.5. The number of hydrogen-bond donors (Lipinski definition) is 2. The Kier molecular flexibility index (Phi) is 4.48. The van der Waals surface area contributed by atoms with Crippen LogP contribution in [-0.2, 0) is 6.18 Å². The van der Waals surface area contributed by atoms with E-state index in [0.29, 0.717) is 12.4 Å². The molecule has 1 heterocycles. The van der Waals surface area contributed by atoms with E-state index in [1.807, 2.05) is 6.92 Å². The second-order valence-electron chi connectivity index (χ2n) is 3.08. The summed E-state index contributed by atoms with van der Waals surface area (Å²) < 4.78 is 36.4. The summed E-state index contributed by atoms with van der Waals surface area (Å²) >= 11 is 0. The average molecular weight is 234 g/mol. The quantitative estimate of drug-likeness (QED) is 0.758. The van der Waals surface area contributed by atoms with E-state index < -0.39 is 11.9 Å². The molecule has 0 aliphatic rings. The van der Waals surface area contributed by atoms with E-state index >= 15 is 0 Å². The van der Waals surface area contributed by atoms with Crippen molar-refractivity contribution in [3.63, 3.8) is 0 Å². The highest BCUT2D eigenvalue weighted by Crippen LogP contribution is 2.26. The minimum atomic E-state index is -4.44. The van der Waals surface area contributed by atoms with Crippen molar-refractivity contribution in [1.29, 1.82) is 0 Å². The van der Waals surface area contributed by atoms with Crippen LogP contribution < -0.4 is 10.6 Å². The van der Waals surface area contributed by atoms with Crippen LogP contribution in [0.5, 0.6) is 0 Å². The number of nitrogens with zero attached hydrogens (tertiary/aromatic N) is 2. The van der Waals surface area contributed by atoms with Gasteiger partial charge in [0.1, 0.15) is 5.82 Å². The SMILES string of the molecule is CCNCCNc1ccc(C(F)(F)F)nn1. The van der Waals surface area contributed by atoms with Gasteiger partial charge in [-0.3, -0.25) is 0 Å². The molecule has 0 saturated heterocycles. The van der Waals surface area contributed by atoms with Crippen molar-refractivity contribution in [2.24, 2.45) is 0 Å². The Labute approximate surface area is 91.3 Å². The van der Waals surface area contributed by atoms with Crippen molar-refractivity contribution in [1.82, 2.24) is 15.5 Å². The van der Waals surface area contributed by atoms with E-state index in [-0.39, 0.29) is 0 Å². The van der Waals surface area contributed by atoms with Crippen molar-refractivity contribution in [2.75, 3.05) is 25.0 Å². The number of alkyl halides is 3. The Morgan fingerprint density at radius 2 is 1.94 bits per heavy atom. The molecule has 1 aromatic rings. The second kappa shape index (κ2) is 5.64. The molecule has 7 heteroatoms. The van der Waals surface area contributed by atoms with Crippen LogP contribution in [0.25, 0.3) is 0 Å². The summed E-state index contributed by atoms with van der Waals surface area (Å²) in [6.45, 7) is 4.13. The summed E-state index contributed by atoms with van der Waals surface area (Å²) in [6, 6.07) is 2.17. The van der Waals surface area contributed by atoms with Gasteiger partial charge in [-0.15, -0.1) is 10.2 Å². The van der Waals surface area contributed by atoms with E-state index in [2.05, 4.69) is 20.8 Å². The molecule has 0 atom stereocenters. The fourth-order valence-electron chi connectivity index (χ4n) is 1.03. The third-order valence-corrected chi connectivity index (χ3v) is 1.81. The van der Waals surface area contributed by atoms with Gasteiger partial charge in [0.2, 0.25) is 0 Å². The van der Waals surface area contributed by atoms with Crippen molar-refractivity contribution in [2.45, 2.75) is 13.1 Å². The molecule has 1 aromatic heterocycles. The van der Waals surface area contributed by atoms with Crippen LogP contribution in [0.1, 0.15) is 12.6 Å². The number of halogens is 3. The number of likely N-dealkylation sites (N-methyl/N-ethyl adjacent to an activating group) is 1. The number of anilines is 1. The van der Waals surface area contributed by atoms with Crippen LogP contribution in [0.15, 0.2) is 12.1 Å². The van der Waals surface area contributed by atoms with E-state index in [1.165, 1.54) is 6.07 Å². The molecule has 0 aliphatic carbocycles. The molecule has 0 saturated carbocycles. The highest BCUT2D eigenvalue weighted by atomic mass is 19.4. The maximum Gasteiger partial charge on any atom is 0.435 e. The van der Waals surface area contributed by atoms with Gasteiger partial charge in [0, 0.05) is 13.1 Å². The summed E-state index contributed by atoms with van der Waals surface area (Å²) in [5.41, 5.74) is -0.982. The molecular formula is C9H13F3N4. The first-order chi connectivity index (χ1) is 7.54. The van der Waals surface area contributed by atoms with Gasteiger partial charge in [-0.1, -0.05) is 6.92 Å². The van der Waals surface area contributed by atoms with E-state index in [4.69, 9.17) is 0 Å². The molecule has 0 bridgehead atoms. The van der Waals surface area contributed by atoms with Gasteiger partial charge in [-0.2, -0.15) is 13.2 Å². The average Bonchev–Trinajstić information content (AvgIpc) is 2.24. The highest BCUT2D eigenvalue weighted by Gasteiger charge is 2.32. The van der Waals surface area contributed by atoms with Crippen LogP contribution in [0.3, 0.4) is 0 Å². The van der Waals surface area contributed by atoms with Crippen molar-refractivity contribution < 1.29 is 13.2 Å². The van der Waals surface area contributed by atoms with Gasteiger partial charge >= 0.3 is 6.18 Å². The fourth-order valence-corrected chi connectivity index (χ4v) is 1.03. The predicted octanol–water partition coefficient (Wildman–Crippen LogP) is 1.52. The van der Waals surface area contributed by atoms with Gasteiger partial charge in [0.25, 0.3) is 0 Å². The molecule has 16 heavy (non-hydrogen) atoms. The first-order valence-corrected chi connectivity index (χ1v) is 4.89. The maximum absolute atomic E-state index is 12.1. The lowest BCUT2D eigenvalue weighted by Crippen LogP contribution is -2.22. The molecule has 0 aromatic carbocycles. The molecule has 90 valence electrons. The predicted molar refractivity (Wildman–Crippen MR) is 54.1 cm³/mol. The first-order valence-electron chi connectivity index (χ1n) is 4.89. The molecule has 0 unspecified atom stereocenters. The lowest BCUT2D eigenvalue weighted by Gasteiger charge is -2.07. The lowest BCUT2D eigenvalue weighted by atomic mass is 10.4. The number of aromatic nitrogens is 2. The minimum Gasteiger partial charge on any atom is -0.367 e. The van der Waals surface area contributed by atoms with Crippen molar-refractivity contribution in [3.8, 4) is 0 Å². The minimum absolute atomic E-state index is 0.339. The number of hydrogen-bond acceptors (Lipinski definition) is 4. The Morgan fingerprint density at radius 3 is 2.44 bits per heavy atom. The lowest BCUT2D eigenvalue weighted by molar-refractivity contribution is -0.141. The molecule has 0 amide bonds. The zero-order valence-electron chi connectivity index (χ0n) is 8.80. The Bertz CT molecular complexity index is 310. The van der Waals surface area contributed by atoms with Crippen molar-refractivity contribution in [3.05, 3.63) is 17.8 Å². The van der Waals surface area contributed by atoms with Crippen LogP contribution >= 0.6 is 0 Å². The molecule has 2 N–H and O–H groups in total. The van der Waals surface area contributed by atoms with E-state index in [1.54, 1.807) is 0 Å². The molecular weight excluding hydrogens is 221 g/mol. The van der Waals surface area contributed by atoms with Crippen LogP contribution in [0.2, 0.25) is 0 Å². The summed E-state index contributed by atoms with van der Waals surface area (Å²) in [7, 11) is 0. The van der Waals surface area contributed by atoms with Crippen LogP contribution in [0, 0.1) is 0 Å². The fraction of sp³-hybridized carbons (Fsp3) is 0.556. The van der Waals surface area contributed by atoms with Gasteiger partial charge in [-0.05, 0) is 18.7 Å². The van der Waals surface area contributed by atoms with Gasteiger partial charge in [-0.25, -0.2) is 0 Å². The van der Waals surface area contributed by atoms with Crippen LogP contribution in [-0.4, -0.2) is 29.8 Å². The second-order valence-corrected chi connectivity index (χ2v) is 3.08. The van der Waals surface area contributed by atoms with Crippen molar-refractivity contribution >= 4 is 5.82 Å². The van der Waals surface area contributed by atoms with Gasteiger partial charge < -0.3 is 10.6 Å².